The minimum atomic E-state index is -0.431. The molecule has 1 saturated heterocycles. The molecule has 0 saturated carbocycles. The van der Waals surface area contributed by atoms with Gasteiger partial charge in [-0.05, 0) is 20.8 Å². The molecule has 1 heterocycles. The number of amides is 1. The fraction of sp³-hybridized carbons (Fsp3) is 0.750. The van der Waals surface area contributed by atoms with Crippen molar-refractivity contribution in [2.75, 3.05) is 26.2 Å². The Hall–Kier alpha value is -1.21. The summed E-state index contributed by atoms with van der Waals surface area (Å²) in [5, 5.41) is 2.76. The number of hydrogen-bond donors (Lipinski definition) is 1. The largest absolute Gasteiger partial charge is 0.444 e. The summed E-state index contributed by atoms with van der Waals surface area (Å²) in [6, 6.07) is 0. The smallest absolute Gasteiger partial charge is 0.407 e. The number of nitrogens with one attached hydrogen (secondary N) is 1. The van der Waals surface area contributed by atoms with Crippen LogP contribution in [0.1, 0.15) is 20.8 Å². The van der Waals surface area contributed by atoms with E-state index >= 15 is 0 Å². The fourth-order valence-corrected chi connectivity index (χ4v) is 1.61. The maximum absolute atomic E-state index is 11.3. The minimum absolute atomic E-state index is 0.345. The van der Waals surface area contributed by atoms with Crippen LogP contribution in [0.4, 0.5) is 4.79 Å². The van der Waals surface area contributed by atoms with Crippen molar-refractivity contribution in [1.82, 2.24) is 10.2 Å². The van der Waals surface area contributed by atoms with Crippen molar-refractivity contribution >= 4 is 6.09 Å². The first-order valence-electron chi connectivity index (χ1n) is 5.53. The van der Waals surface area contributed by atoms with Crippen LogP contribution in [0.3, 0.4) is 0 Å². The van der Waals surface area contributed by atoms with Gasteiger partial charge in [0.15, 0.2) is 0 Å². The molecule has 90 valence electrons. The van der Waals surface area contributed by atoms with Gasteiger partial charge in [-0.1, -0.05) is 5.92 Å². The number of likely N-dealkylation sites (tertiary alicyclic amines) is 1. The molecule has 0 aromatic rings. The lowest BCUT2D eigenvalue weighted by Gasteiger charge is -2.38. The molecular formula is C12H20N2O2. The predicted molar refractivity (Wildman–Crippen MR) is 63.0 cm³/mol. The topological polar surface area (TPSA) is 41.6 Å². The molecule has 0 atom stereocenters. The molecule has 1 aliphatic heterocycles. The number of nitrogens with zero attached hydrogens (tertiary/aromatic N) is 1. The van der Waals surface area contributed by atoms with Crippen molar-refractivity contribution in [1.29, 1.82) is 0 Å². The van der Waals surface area contributed by atoms with Crippen molar-refractivity contribution in [3.63, 3.8) is 0 Å². The number of alkyl carbamates (subject to hydrolysis) is 1. The molecule has 4 nitrogen and oxygen atoms in total. The van der Waals surface area contributed by atoms with Crippen LogP contribution in [0.5, 0.6) is 0 Å². The minimum Gasteiger partial charge on any atom is -0.444 e. The summed E-state index contributed by atoms with van der Waals surface area (Å²) in [5.41, 5.74) is -0.431. The van der Waals surface area contributed by atoms with Gasteiger partial charge >= 0.3 is 6.09 Å². The molecule has 1 fully saturated rings. The van der Waals surface area contributed by atoms with Gasteiger partial charge in [0.05, 0.1) is 6.54 Å². The number of hydrogen-bond acceptors (Lipinski definition) is 3. The Morgan fingerprint density at radius 3 is 2.69 bits per heavy atom. The molecule has 0 bridgehead atoms. The Morgan fingerprint density at radius 2 is 2.19 bits per heavy atom. The van der Waals surface area contributed by atoms with E-state index in [1.54, 1.807) is 0 Å². The summed E-state index contributed by atoms with van der Waals surface area (Å²) >= 11 is 0. The van der Waals surface area contributed by atoms with E-state index in [0.717, 1.165) is 13.1 Å². The van der Waals surface area contributed by atoms with Gasteiger partial charge in [-0.2, -0.15) is 0 Å². The van der Waals surface area contributed by atoms with E-state index in [1.807, 2.05) is 20.8 Å². The lowest BCUT2D eigenvalue weighted by atomic mass is 10.0. The first-order valence-corrected chi connectivity index (χ1v) is 5.53. The van der Waals surface area contributed by atoms with Crippen molar-refractivity contribution < 1.29 is 9.53 Å². The number of rotatable bonds is 3. The third-order valence-electron chi connectivity index (χ3n) is 2.28. The van der Waals surface area contributed by atoms with Crippen LogP contribution in [0, 0.1) is 18.3 Å². The SMILES string of the molecule is C#CCN1CC(CNC(=O)OC(C)(C)C)C1. The van der Waals surface area contributed by atoms with Crippen LogP contribution in [-0.4, -0.2) is 42.8 Å². The molecule has 0 spiro atoms. The number of terminal acetylenes is 1. The fourth-order valence-electron chi connectivity index (χ4n) is 1.61. The molecular weight excluding hydrogens is 204 g/mol. The Morgan fingerprint density at radius 1 is 1.56 bits per heavy atom. The highest BCUT2D eigenvalue weighted by atomic mass is 16.6. The van der Waals surface area contributed by atoms with E-state index in [0.29, 0.717) is 19.0 Å². The summed E-state index contributed by atoms with van der Waals surface area (Å²) in [5.74, 6) is 3.10. The molecule has 1 aliphatic rings. The van der Waals surface area contributed by atoms with Gasteiger partial charge < -0.3 is 10.1 Å². The Balaban J connectivity index is 2.09. The maximum atomic E-state index is 11.3. The van der Waals surface area contributed by atoms with Crippen molar-refractivity contribution in [3.8, 4) is 12.3 Å². The Kier molecular flexibility index (Phi) is 4.19. The Bertz CT molecular complexity index is 282. The molecule has 0 aromatic heterocycles. The van der Waals surface area contributed by atoms with Gasteiger partial charge in [-0.3, -0.25) is 4.90 Å². The van der Waals surface area contributed by atoms with Gasteiger partial charge in [0.25, 0.3) is 0 Å². The van der Waals surface area contributed by atoms with E-state index in [1.165, 1.54) is 0 Å². The summed E-state index contributed by atoms with van der Waals surface area (Å²) in [6.45, 7) is 8.83. The second-order valence-corrected chi connectivity index (χ2v) is 5.15. The molecule has 0 radical (unpaired) electrons. The molecule has 16 heavy (non-hydrogen) atoms. The average Bonchev–Trinajstić information content (AvgIpc) is 2.05. The maximum Gasteiger partial charge on any atom is 0.407 e. The summed E-state index contributed by atoms with van der Waals surface area (Å²) in [7, 11) is 0. The van der Waals surface area contributed by atoms with Crippen LogP contribution in [0.25, 0.3) is 0 Å². The van der Waals surface area contributed by atoms with Crippen LogP contribution in [-0.2, 0) is 4.74 Å². The van der Waals surface area contributed by atoms with E-state index < -0.39 is 5.60 Å². The second kappa shape index (κ2) is 5.22. The van der Waals surface area contributed by atoms with Gasteiger partial charge in [0, 0.05) is 25.6 Å². The van der Waals surface area contributed by atoms with E-state index in [4.69, 9.17) is 11.2 Å². The van der Waals surface area contributed by atoms with Crippen molar-refractivity contribution in [2.45, 2.75) is 26.4 Å². The summed E-state index contributed by atoms with van der Waals surface area (Å²) < 4.78 is 5.14. The van der Waals surface area contributed by atoms with Crippen LogP contribution in [0.2, 0.25) is 0 Å². The molecule has 1 N–H and O–H groups in total. The van der Waals surface area contributed by atoms with E-state index in [2.05, 4.69) is 16.1 Å². The van der Waals surface area contributed by atoms with Crippen LogP contribution >= 0.6 is 0 Å². The molecule has 1 rings (SSSR count). The Labute approximate surface area is 97.3 Å². The van der Waals surface area contributed by atoms with Gasteiger partial charge in [-0.25, -0.2) is 4.79 Å². The third kappa shape index (κ3) is 4.54. The van der Waals surface area contributed by atoms with Crippen LogP contribution < -0.4 is 5.32 Å². The normalized spacial score (nSPS) is 17.4. The molecule has 0 unspecified atom stereocenters. The highest BCUT2D eigenvalue weighted by molar-refractivity contribution is 5.67. The molecule has 1 amide bonds. The highest BCUT2D eigenvalue weighted by Crippen LogP contribution is 2.13. The first-order chi connectivity index (χ1) is 7.40. The van der Waals surface area contributed by atoms with Gasteiger partial charge in [0.2, 0.25) is 0 Å². The van der Waals surface area contributed by atoms with E-state index in [9.17, 15) is 4.79 Å². The quantitative estimate of drug-likeness (QED) is 0.729. The lowest BCUT2D eigenvalue weighted by Crippen LogP contribution is -2.51. The van der Waals surface area contributed by atoms with Crippen LogP contribution in [0.15, 0.2) is 0 Å². The molecule has 0 aromatic carbocycles. The number of ether oxygens (including phenoxy) is 1. The molecule has 0 aliphatic carbocycles. The third-order valence-corrected chi connectivity index (χ3v) is 2.28. The van der Waals surface area contributed by atoms with Gasteiger partial charge in [0.1, 0.15) is 5.60 Å². The summed E-state index contributed by atoms with van der Waals surface area (Å²) in [4.78, 5) is 13.5. The number of carbonyl (C=O) groups is 1. The summed E-state index contributed by atoms with van der Waals surface area (Å²) in [6.07, 6.45) is 4.85. The van der Waals surface area contributed by atoms with Crippen molar-refractivity contribution in [3.05, 3.63) is 0 Å². The lowest BCUT2D eigenvalue weighted by molar-refractivity contribution is 0.0477. The first kappa shape index (κ1) is 12.9. The monoisotopic (exact) mass is 224 g/mol. The second-order valence-electron chi connectivity index (χ2n) is 5.15. The zero-order valence-electron chi connectivity index (χ0n) is 10.2. The van der Waals surface area contributed by atoms with Gasteiger partial charge in [-0.15, -0.1) is 6.42 Å². The van der Waals surface area contributed by atoms with E-state index in [-0.39, 0.29) is 6.09 Å². The number of carbonyl (C=O) groups excluding carboxylic acids is 1. The zero-order valence-corrected chi connectivity index (χ0v) is 10.2. The molecule has 4 heteroatoms. The van der Waals surface area contributed by atoms with Crippen molar-refractivity contribution in [2.24, 2.45) is 5.92 Å². The average molecular weight is 224 g/mol. The standard InChI is InChI=1S/C12H20N2O2/c1-5-6-14-8-10(9-14)7-13-11(15)16-12(2,3)4/h1,10H,6-9H2,2-4H3,(H,13,15). The predicted octanol–water partition coefficient (Wildman–Crippen LogP) is 1.08. The highest BCUT2D eigenvalue weighted by Gasteiger charge is 2.26. The zero-order chi connectivity index (χ0) is 12.2.